The average molecular weight is 417 g/mol. The van der Waals surface area contributed by atoms with Gasteiger partial charge in [-0.2, -0.15) is 0 Å². The molecule has 0 spiro atoms. The molecule has 0 aliphatic carbocycles. The lowest BCUT2D eigenvalue weighted by atomic mass is 10.0. The highest BCUT2D eigenvalue weighted by molar-refractivity contribution is 5.92. The van der Waals surface area contributed by atoms with E-state index in [1.54, 1.807) is 20.0 Å². The van der Waals surface area contributed by atoms with E-state index in [9.17, 15) is 24.3 Å². The number of amides is 3. The summed E-state index contributed by atoms with van der Waals surface area (Å²) in [7, 11) is 0. The maximum Gasteiger partial charge on any atom is 0.326 e. The van der Waals surface area contributed by atoms with E-state index in [0.29, 0.717) is 0 Å². The molecule has 0 saturated heterocycles. The molecule has 0 bridgehead atoms. The highest BCUT2D eigenvalue weighted by atomic mass is 16.4. The Morgan fingerprint density at radius 1 is 1.10 bits per heavy atom. The van der Waals surface area contributed by atoms with Gasteiger partial charge in [0.25, 0.3) is 0 Å². The minimum Gasteiger partial charge on any atom is -0.480 e. The smallest absolute Gasteiger partial charge is 0.326 e. The summed E-state index contributed by atoms with van der Waals surface area (Å²) in [4.78, 5) is 50.8. The third-order valence-corrected chi connectivity index (χ3v) is 4.61. The number of hydrogen-bond donors (Lipinski definition) is 6. The lowest BCUT2D eigenvalue weighted by molar-refractivity contribution is -0.142. The van der Waals surface area contributed by atoms with E-state index < -0.39 is 35.8 Å². The lowest BCUT2D eigenvalue weighted by Crippen LogP contribution is -2.55. The molecule has 30 heavy (non-hydrogen) atoms. The van der Waals surface area contributed by atoms with E-state index in [1.165, 1.54) is 0 Å². The zero-order valence-corrected chi connectivity index (χ0v) is 16.9. The van der Waals surface area contributed by atoms with Crippen LogP contribution in [0, 0.1) is 5.92 Å². The van der Waals surface area contributed by atoms with Gasteiger partial charge < -0.3 is 31.8 Å². The average Bonchev–Trinajstić information content (AvgIpc) is 3.12. The Labute approximate surface area is 173 Å². The van der Waals surface area contributed by atoms with E-state index in [0.717, 1.165) is 16.5 Å². The number of para-hydroxylation sites is 1. The molecule has 0 radical (unpaired) electrons. The van der Waals surface area contributed by atoms with Crippen LogP contribution in [-0.2, 0) is 25.6 Å². The Morgan fingerprint density at radius 2 is 1.80 bits per heavy atom. The Morgan fingerprint density at radius 3 is 2.43 bits per heavy atom. The summed E-state index contributed by atoms with van der Waals surface area (Å²) >= 11 is 0. The van der Waals surface area contributed by atoms with Gasteiger partial charge in [-0.3, -0.25) is 14.4 Å². The molecule has 2 atom stereocenters. The first-order valence-corrected chi connectivity index (χ1v) is 9.57. The zero-order chi connectivity index (χ0) is 22.3. The van der Waals surface area contributed by atoms with Crippen LogP contribution in [0.5, 0.6) is 0 Å². The number of aliphatic carboxylic acids is 1. The van der Waals surface area contributed by atoms with Gasteiger partial charge in [0.2, 0.25) is 17.7 Å². The van der Waals surface area contributed by atoms with Crippen LogP contribution in [0.1, 0.15) is 19.4 Å². The summed E-state index contributed by atoms with van der Waals surface area (Å²) in [5.41, 5.74) is 6.79. The zero-order valence-electron chi connectivity index (χ0n) is 16.9. The van der Waals surface area contributed by atoms with Crippen molar-refractivity contribution < 1.29 is 24.3 Å². The molecule has 0 saturated carbocycles. The molecule has 7 N–H and O–H groups in total. The van der Waals surface area contributed by atoms with Crippen molar-refractivity contribution in [2.45, 2.75) is 32.4 Å². The third-order valence-electron chi connectivity index (χ3n) is 4.61. The number of fused-ring (bicyclic) bond motifs is 1. The molecule has 0 aliphatic rings. The fourth-order valence-electron chi connectivity index (χ4n) is 2.99. The van der Waals surface area contributed by atoms with Crippen LogP contribution in [0.15, 0.2) is 30.5 Å². The molecule has 10 heteroatoms. The molecule has 1 aromatic carbocycles. The van der Waals surface area contributed by atoms with Crippen molar-refractivity contribution in [3.8, 4) is 0 Å². The summed E-state index contributed by atoms with van der Waals surface area (Å²) in [5, 5.41) is 17.8. The maximum atomic E-state index is 12.7. The van der Waals surface area contributed by atoms with Gasteiger partial charge in [-0.15, -0.1) is 0 Å². The number of nitrogens with two attached hydrogens (primary N) is 1. The summed E-state index contributed by atoms with van der Waals surface area (Å²) < 4.78 is 0. The largest absolute Gasteiger partial charge is 0.480 e. The molecule has 1 aromatic heterocycles. The summed E-state index contributed by atoms with van der Waals surface area (Å²) in [6, 6.07) is 5.33. The first kappa shape index (κ1) is 22.9. The van der Waals surface area contributed by atoms with Crippen LogP contribution >= 0.6 is 0 Å². The Bertz CT molecular complexity index is 923. The highest BCUT2D eigenvalue weighted by Crippen LogP contribution is 2.19. The second-order valence-electron chi connectivity index (χ2n) is 7.23. The normalized spacial score (nSPS) is 12.9. The highest BCUT2D eigenvalue weighted by Gasteiger charge is 2.29. The fraction of sp³-hybridized carbons (Fsp3) is 0.400. The van der Waals surface area contributed by atoms with Gasteiger partial charge in [-0.1, -0.05) is 32.0 Å². The van der Waals surface area contributed by atoms with E-state index in [-0.39, 0.29) is 25.4 Å². The van der Waals surface area contributed by atoms with E-state index in [1.807, 2.05) is 24.3 Å². The lowest BCUT2D eigenvalue weighted by Gasteiger charge is -2.24. The van der Waals surface area contributed by atoms with Gasteiger partial charge in [0, 0.05) is 23.5 Å². The van der Waals surface area contributed by atoms with E-state index in [2.05, 4.69) is 20.9 Å². The minimum atomic E-state index is -1.18. The number of benzene rings is 1. The van der Waals surface area contributed by atoms with Gasteiger partial charge >= 0.3 is 5.97 Å². The molecule has 1 heterocycles. The number of carboxylic acids is 1. The van der Waals surface area contributed by atoms with Crippen LogP contribution < -0.4 is 21.7 Å². The van der Waals surface area contributed by atoms with Crippen molar-refractivity contribution in [1.29, 1.82) is 0 Å². The van der Waals surface area contributed by atoms with Crippen molar-refractivity contribution in [2.24, 2.45) is 11.7 Å². The van der Waals surface area contributed by atoms with Gasteiger partial charge in [-0.05, 0) is 17.5 Å². The fourth-order valence-corrected chi connectivity index (χ4v) is 2.99. The molecule has 2 aromatic rings. The summed E-state index contributed by atoms with van der Waals surface area (Å²) in [6.45, 7) is 2.86. The number of aromatic amines is 1. The topological polar surface area (TPSA) is 166 Å². The second-order valence-corrected chi connectivity index (χ2v) is 7.23. The third kappa shape index (κ3) is 6.05. The van der Waals surface area contributed by atoms with Gasteiger partial charge in [-0.25, -0.2) is 4.79 Å². The quantitative estimate of drug-likeness (QED) is 0.305. The summed E-state index contributed by atoms with van der Waals surface area (Å²) in [6.07, 6.45) is 1.80. The van der Waals surface area contributed by atoms with Crippen molar-refractivity contribution in [2.75, 3.05) is 13.1 Å². The number of carbonyl (C=O) groups excluding carboxylic acids is 3. The minimum absolute atomic E-state index is 0.0798. The molecule has 0 aliphatic heterocycles. The van der Waals surface area contributed by atoms with Gasteiger partial charge in [0.1, 0.15) is 12.1 Å². The Hall–Kier alpha value is -3.40. The van der Waals surface area contributed by atoms with Crippen molar-refractivity contribution in [3.63, 3.8) is 0 Å². The predicted octanol–water partition coefficient (Wildman–Crippen LogP) is -0.504. The molecule has 3 amide bonds. The van der Waals surface area contributed by atoms with Gasteiger partial charge in [0.15, 0.2) is 0 Å². The molecule has 10 nitrogen and oxygen atoms in total. The van der Waals surface area contributed by atoms with Crippen LogP contribution in [0.2, 0.25) is 0 Å². The van der Waals surface area contributed by atoms with E-state index >= 15 is 0 Å². The maximum absolute atomic E-state index is 12.7. The van der Waals surface area contributed by atoms with Crippen molar-refractivity contribution in [3.05, 3.63) is 36.0 Å². The standard InChI is InChI=1S/C20H27N5O5/c1-11(2)18(25-17(27)10-23-16(26)8-21)19(28)24-15(20(29)30)7-12-9-22-14-6-4-3-5-13(12)14/h3-6,9,11,15,18,22H,7-8,10,21H2,1-2H3,(H,23,26)(H,24,28)(H,25,27)(H,29,30). The number of carbonyl (C=O) groups is 4. The van der Waals surface area contributed by atoms with Crippen molar-refractivity contribution in [1.82, 2.24) is 20.9 Å². The van der Waals surface area contributed by atoms with Crippen LogP contribution in [0.25, 0.3) is 10.9 Å². The number of hydrogen-bond acceptors (Lipinski definition) is 5. The van der Waals surface area contributed by atoms with Crippen LogP contribution in [0.4, 0.5) is 0 Å². The van der Waals surface area contributed by atoms with Gasteiger partial charge in [0.05, 0.1) is 13.1 Å². The summed E-state index contributed by atoms with van der Waals surface area (Å²) in [5.74, 6) is -3.18. The SMILES string of the molecule is CC(C)C(NC(=O)CNC(=O)CN)C(=O)NC(Cc1c[nH]c2ccccc12)C(=O)O. The van der Waals surface area contributed by atoms with E-state index in [4.69, 9.17) is 5.73 Å². The molecule has 2 rings (SSSR count). The number of carboxylic acid groups (broad SMARTS) is 1. The number of aromatic nitrogens is 1. The molecular formula is C20H27N5O5. The number of rotatable bonds is 10. The predicted molar refractivity (Wildman–Crippen MR) is 110 cm³/mol. The first-order valence-electron chi connectivity index (χ1n) is 9.57. The molecule has 2 unspecified atom stereocenters. The first-order chi connectivity index (χ1) is 14.2. The Balaban J connectivity index is 2.06. The number of H-pyrrole nitrogens is 1. The van der Waals surface area contributed by atoms with Crippen molar-refractivity contribution >= 4 is 34.6 Å². The van der Waals surface area contributed by atoms with Crippen LogP contribution in [0.3, 0.4) is 0 Å². The molecular weight excluding hydrogens is 390 g/mol. The second kappa shape index (κ2) is 10.4. The molecule has 0 fully saturated rings. The number of nitrogens with one attached hydrogen (secondary N) is 4. The molecule has 162 valence electrons. The van der Waals surface area contributed by atoms with Crippen LogP contribution in [-0.4, -0.2) is 59.0 Å². The Kier molecular flexibility index (Phi) is 7.93. The monoisotopic (exact) mass is 417 g/mol.